The summed E-state index contributed by atoms with van der Waals surface area (Å²) < 4.78 is 4.31. The topological polar surface area (TPSA) is 126 Å². The molecule has 0 saturated carbocycles. The van der Waals surface area contributed by atoms with Crippen LogP contribution in [0, 0.1) is 0 Å². The lowest BCUT2D eigenvalue weighted by Crippen LogP contribution is -2.06. The van der Waals surface area contributed by atoms with Crippen LogP contribution in [0.15, 0.2) is 189 Å². The van der Waals surface area contributed by atoms with Gasteiger partial charge in [0.05, 0.1) is 22.1 Å². The molecule has 0 aliphatic carbocycles. The minimum atomic E-state index is 0.380. The molecule has 0 atom stereocenters. The van der Waals surface area contributed by atoms with E-state index in [0.717, 1.165) is 65.9 Å². The largest absolute Gasteiger partial charge is 0.294 e. The van der Waals surface area contributed by atoms with Gasteiger partial charge in [-0.15, -0.1) is 0 Å². The van der Waals surface area contributed by atoms with Crippen molar-refractivity contribution >= 4 is 43.6 Å². The molecule has 0 fully saturated rings. The molecular weight excluding hydrogens is 767 g/mol. The Hall–Kier alpha value is -8.83. The second-order valence-electron chi connectivity index (χ2n) is 14.8. The fraction of sp³-hybridized carbons (Fsp3) is 0. The molecule has 11 heteroatoms. The molecule has 6 aromatic carbocycles. The average molecular weight is 798 g/mol. The predicted octanol–water partition coefficient (Wildman–Crippen LogP) is 10.8. The third-order valence-electron chi connectivity index (χ3n) is 11.1. The third kappa shape index (κ3) is 5.95. The van der Waals surface area contributed by atoms with Crippen molar-refractivity contribution in [3.8, 4) is 68.8 Å². The van der Waals surface area contributed by atoms with Crippen molar-refractivity contribution in [2.75, 3.05) is 0 Å². The number of hydrogen-bond donors (Lipinski definition) is 0. The molecule has 62 heavy (non-hydrogen) atoms. The highest BCUT2D eigenvalue weighted by atomic mass is 15.2. The number of para-hydroxylation sites is 2. The standard InChI is InChI=1S/C51H31N11/c1-3-13-32(14-4-1)46-58-47(33-15-5-2-6-16-33)60-51(59-46)62-42-20-10-8-18-37(42)39-30-35(22-24-44(39)62)34-21-23-43-38(29-34)36-17-7-9-19-41(36)61(43)45-31-40(48-52-25-11-26-53-48)56-50(57-45)49-54-27-12-28-55-49/h1-31H. The Kier molecular flexibility index (Phi) is 8.20. The van der Waals surface area contributed by atoms with Gasteiger partial charge in [-0.25, -0.2) is 34.9 Å². The van der Waals surface area contributed by atoms with Crippen molar-refractivity contribution in [3.63, 3.8) is 0 Å². The summed E-state index contributed by atoms with van der Waals surface area (Å²) in [6.45, 7) is 0. The fourth-order valence-corrected chi connectivity index (χ4v) is 8.27. The summed E-state index contributed by atoms with van der Waals surface area (Å²) in [4.78, 5) is 43.0. The van der Waals surface area contributed by atoms with E-state index in [1.54, 1.807) is 36.9 Å². The molecule has 0 N–H and O–H groups in total. The van der Waals surface area contributed by atoms with Gasteiger partial charge >= 0.3 is 0 Å². The van der Waals surface area contributed by atoms with Crippen molar-refractivity contribution in [1.82, 2.24) is 54.0 Å². The lowest BCUT2D eigenvalue weighted by atomic mass is 10.0. The number of benzene rings is 6. The van der Waals surface area contributed by atoms with Crippen molar-refractivity contribution in [1.29, 1.82) is 0 Å². The fourth-order valence-electron chi connectivity index (χ4n) is 8.27. The average Bonchev–Trinajstić information content (AvgIpc) is 3.87. The van der Waals surface area contributed by atoms with E-state index >= 15 is 0 Å². The van der Waals surface area contributed by atoms with E-state index in [1.165, 1.54) is 0 Å². The van der Waals surface area contributed by atoms with Gasteiger partial charge in [0.2, 0.25) is 5.95 Å². The lowest BCUT2D eigenvalue weighted by molar-refractivity contribution is 0.953. The van der Waals surface area contributed by atoms with Crippen molar-refractivity contribution in [3.05, 3.63) is 189 Å². The summed E-state index contributed by atoms with van der Waals surface area (Å²) in [6, 6.07) is 55.6. The molecule has 0 saturated heterocycles. The van der Waals surface area contributed by atoms with Crippen LogP contribution in [0.3, 0.4) is 0 Å². The zero-order valence-electron chi connectivity index (χ0n) is 32.8. The number of nitrogens with zero attached hydrogens (tertiary/aromatic N) is 11. The Morgan fingerprint density at radius 1 is 0.290 bits per heavy atom. The molecular formula is C51H31N11. The Labute approximate surface area is 353 Å². The molecule has 6 aromatic heterocycles. The van der Waals surface area contributed by atoms with Gasteiger partial charge in [-0.1, -0.05) is 109 Å². The first-order chi connectivity index (χ1) is 30.7. The number of fused-ring (bicyclic) bond motifs is 6. The smallest absolute Gasteiger partial charge is 0.238 e. The molecule has 11 nitrogen and oxygen atoms in total. The Bertz CT molecular complexity index is 3270. The quantitative estimate of drug-likeness (QED) is 0.155. The van der Waals surface area contributed by atoms with Crippen molar-refractivity contribution in [2.24, 2.45) is 0 Å². The molecule has 0 aliphatic heterocycles. The highest BCUT2D eigenvalue weighted by Crippen LogP contribution is 2.38. The summed E-state index contributed by atoms with van der Waals surface area (Å²) in [5.41, 5.74) is 8.56. The van der Waals surface area contributed by atoms with Gasteiger partial charge in [-0.3, -0.25) is 9.13 Å². The molecule has 290 valence electrons. The van der Waals surface area contributed by atoms with Crippen LogP contribution in [0.2, 0.25) is 0 Å². The van der Waals surface area contributed by atoms with E-state index in [2.05, 4.69) is 108 Å². The molecule has 0 unspecified atom stereocenters. The molecule has 0 amide bonds. The lowest BCUT2D eigenvalue weighted by Gasteiger charge is -2.11. The predicted molar refractivity (Wildman–Crippen MR) is 242 cm³/mol. The van der Waals surface area contributed by atoms with E-state index in [4.69, 9.17) is 24.9 Å². The van der Waals surface area contributed by atoms with Gasteiger partial charge in [0.1, 0.15) is 11.5 Å². The van der Waals surface area contributed by atoms with E-state index in [9.17, 15) is 0 Å². The first-order valence-corrected chi connectivity index (χ1v) is 20.1. The highest BCUT2D eigenvalue weighted by molar-refractivity contribution is 6.12. The monoisotopic (exact) mass is 797 g/mol. The van der Waals surface area contributed by atoms with Crippen molar-refractivity contribution < 1.29 is 0 Å². The third-order valence-corrected chi connectivity index (χ3v) is 11.1. The highest BCUT2D eigenvalue weighted by Gasteiger charge is 2.21. The van der Waals surface area contributed by atoms with Gasteiger partial charge in [-0.05, 0) is 59.7 Å². The van der Waals surface area contributed by atoms with E-state index in [1.807, 2.05) is 72.8 Å². The summed E-state index contributed by atoms with van der Waals surface area (Å²) >= 11 is 0. The molecule has 0 spiro atoms. The zero-order chi connectivity index (χ0) is 41.0. The number of rotatable bonds is 7. The van der Waals surface area contributed by atoms with Crippen LogP contribution in [0.5, 0.6) is 0 Å². The maximum Gasteiger partial charge on any atom is 0.238 e. The number of hydrogen-bond acceptors (Lipinski definition) is 9. The summed E-state index contributed by atoms with van der Waals surface area (Å²) in [6.07, 6.45) is 6.78. The van der Waals surface area contributed by atoms with Gasteiger partial charge in [0, 0.05) is 63.5 Å². The van der Waals surface area contributed by atoms with Crippen LogP contribution < -0.4 is 0 Å². The first kappa shape index (κ1) is 35.1. The SMILES string of the molecule is c1ccc(-c2nc(-c3ccccc3)nc(-n3c4ccccc4c4cc(-c5ccc6c(c5)c5ccccc5n6-c5cc(-c6ncccn6)nc(-c6ncccn6)n5)ccc43)n2)cc1. The second-order valence-corrected chi connectivity index (χ2v) is 14.8. The van der Waals surface area contributed by atoms with Gasteiger partial charge in [-0.2, -0.15) is 9.97 Å². The molecule has 0 aliphatic rings. The molecule has 0 bridgehead atoms. The maximum atomic E-state index is 5.10. The Morgan fingerprint density at radius 3 is 1.35 bits per heavy atom. The molecule has 12 aromatic rings. The van der Waals surface area contributed by atoms with Crippen LogP contribution in [-0.4, -0.2) is 54.0 Å². The number of aromatic nitrogens is 11. The van der Waals surface area contributed by atoms with Crippen LogP contribution in [-0.2, 0) is 0 Å². The maximum absolute atomic E-state index is 5.10. The van der Waals surface area contributed by atoms with Crippen LogP contribution >= 0.6 is 0 Å². The molecule has 6 heterocycles. The second kappa shape index (κ2) is 14.5. The van der Waals surface area contributed by atoms with E-state index < -0.39 is 0 Å². The Balaban J connectivity index is 1.02. The van der Waals surface area contributed by atoms with Gasteiger partial charge in [0.25, 0.3) is 0 Å². The Morgan fingerprint density at radius 2 is 0.774 bits per heavy atom. The minimum Gasteiger partial charge on any atom is -0.294 e. The van der Waals surface area contributed by atoms with Crippen LogP contribution in [0.4, 0.5) is 0 Å². The normalized spacial score (nSPS) is 11.5. The van der Waals surface area contributed by atoms with Crippen LogP contribution in [0.25, 0.3) is 112 Å². The van der Waals surface area contributed by atoms with Crippen molar-refractivity contribution in [2.45, 2.75) is 0 Å². The first-order valence-electron chi connectivity index (χ1n) is 20.1. The molecule has 0 radical (unpaired) electrons. The van der Waals surface area contributed by atoms with Gasteiger partial charge in [0.15, 0.2) is 29.1 Å². The van der Waals surface area contributed by atoms with E-state index in [0.29, 0.717) is 46.6 Å². The molecule has 12 rings (SSSR count). The summed E-state index contributed by atoms with van der Waals surface area (Å²) in [7, 11) is 0. The summed E-state index contributed by atoms with van der Waals surface area (Å²) in [5, 5.41) is 4.37. The summed E-state index contributed by atoms with van der Waals surface area (Å²) in [5.74, 6) is 3.71. The van der Waals surface area contributed by atoms with Gasteiger partial charge < -0.3 is 0 Å². The van der Waals surface area contributed by atoms with Crippen LogP contribution in [0.1, 0.15) is 0 Å². The minimum absolute atomic E-state index is 0.380. The van der Waals surface area contributed by atoms with E-state index in [-0.39, 0.29) is 0 Å². The zero-order valence-corrected chi connectivity index (χ0v) is 32.8.